The second kappa shape index (κ2) is 3.84. The zero-order valence-corrected chi connectivity index (χ0v) is 10.2. The molecule has 1 aromatic rings. The Labute approximate surface area is 101 Å². The smallest absolute Gasteiger partial charge is 0.228 e. The summed E-state index contributed by atoms with van der Waals surface area (Å²) in [5, 5.41) is 0. The second-order valence-electron chi connectivity index (χ2n) is 5.06. The van der Waals surface area contributed by atoms with Gasteiger partial charge in [-0.15, -0.1) is 0 Å². The first kappa shape index (κ1) is 10.8. The molecule has 2 aliphatic rings. The van der Waals surface area contributed by atoms with Crippen molar-refractivity contribution in [1.82, 2.24) is 4.90 Å². The zero-order chi connectivity index (χ0) is 12.0. The lowest BCUT2D eigenvalue weighted by Crippen LogP contribution is -2.32. The molecule has 90 valence electrons. The van der Waals surface area contributed by atoms with Crippen LogP contribution in [0.5, 0.6) is 0 Å². The van der Waals surface area contributed by atoms with Crippen LogP contribution in [0.1, 0.15) is 25.6 Å². The minimum Gasteiger partial charge on any atom is -0.352 e. The van der Waals surface area contributed by atoms with Gasteiger partial charge in [0.25, 0.3) is 0 Å². The predicted octanol–water partition coefficient (Wildman–Crippen LogP) is 2.20. The number of carbonyl (C=O) groups is 1. The number of amides is 1. The van der Waals surface area contributed by atoms with Crippen LogP contribution < -0.4 is 0 Å². The lowest BCUT2D eigenvalue weighted by molar-refractivity contribution is -0.137. The van der Waals surface area contributed by atoms with E-state index in [1.807, 2.05) is 42.2 Å². The Kier molecular flexibility index (Phi) is 2.44. The molecular formula is C14H17NO2. The molecule has 1 amide bonds. The first-order valence-electron chi connectivity index (χ1n) is 6.19. The van der Waals surface area contributed by atoms with Crippen LogP contribution in [0.2, 0.25) is 0 Å². The fourth-order valence-electron chi connectivity index (χ4n) is 2.88. The number of nitrogens with zero attached hydrogens (tertiary/aromatic N) is 1. The van der Waals surface area contributed by atoms with E-state index in [1.54, 1.807) is 0 Å². The number of hydrogen-bond acceptors (Lipinski definition) is 2. The molecule has 1 aromatic carbocycles. The van der Waals surface area contributed by atoms with Gasteiger partial charge in [0.05, 0.1) is 12.6 Å². The molecule has 0 aliphatic carbocycles. The molecule has 0 unspecified atom stereocenters. The van der Waals surface area contributed by atoms with Crippen molar-refractivity contribution in [2.24, 2.45) is 11.8 Å². The van der Waals surface area contributed by atoms with Crippen LogP contribution in [-0.2, 0) is 9.53 Å². The number of ether oxygens (including phenoxy) is 1. The minimum absolute atomic E-state index is 0.120. The zero-order valence-electron chi connectivity index (χ0n) is 10.2. The molecular weight excluding hydrogens is 214 g/mol. The van der Waals surface area contributed by atoms with Crippen molar-refractivity contribution in [2.75, 3.05) is 6.61 Å². The summed E-state index contributed by atoms with van der Waals surface area (Å²) in [6.07, 6.45) is -0.180. The molecule has 0 radical (unpaired) electrons. The van der Waals surface area contributed by atoms with Gasteiger partial charge in [0.1, 0.15) is 0 Å². The quantitative estimate of drug-likeness (QED) is 0.741. The van der Waals surface area contributed by atoms with Gasteiger partial charge in [0.15, 0.2) is 6.23 Å². The lowest BCUT2D eigenvalue weighted by Gasteiger charge is -2.23. The van der Waals surface area contributed by atoms with Gasteiger partial charge in [-0.25, -0.2) is 0 Å². The molecule has 0 N–H and O–H groups in total. The van der Waals surface area contributed by atoms with Crippen LogP contribution >= 0.6 is 0 Å². The minimum atomic E-state index is -0.180. The Bertz CT molecular complexity index is 431. The van der Waals surface area contributed by atoms with Crippen LogP contribution in [0.25, 0.3) is 0 Å². The molecule has 0 bridgehead atoms. The van der Waals surface area contributed by atoms with Gasteiger partial charge >= 0.3 is 0 Å². The number of rotatable bonds is 1. The summed E-state index contributed by atoms with van der Waals surface area (Å²) >= 11 is 0. The first-order valence-corrected chi connectivity index (χ1v) is 6.19. The van der Waals surface area contributed by atoms with Gasteiger partial charge in [-0.2, -0.15) is 0 Å². The highest BCUT2D eigenvalue weighted by atomic mass is 16.5. The average molecular weight is 231 g/mol. The summed E-state index contributed by atoms with van der Waals surface area (Å²) in [6.45, 7) is 4.83. The molecule has 4 atom stereocenters. The molecule has 2 saturated heterocycles. The van der Waals surface area contributed by atoms with Crippen molar-refractivity contribution in [3.8, 4) is 0 Å². The maximum Gasteiger partial charge on any atom is 0.228 e. The third-order valence-electron chi connectivity index (χ3n) is 4.16. The fourth-order valence-corrected chi connectivity index (χ4v) is 2.88. The average Bonchev–Trinajstić information content (AvgIpc) is 2.88. The largest absolute Gasteiger partial charge is 0.352 e. The maximum absolute atomic E-state index is 12.2. The molecule has 3 nitrogen and oxygen atoms in total. The molecule has 2 heterocycles. The monoisotopic (exact) mass is 231 g/mol. The van der Waals surface area contributed by atoms with E-state index in [-0.39, 0.29) is 24.1 Å². The van der Waals surface area contributed by atoms with E-state index in [9.17, 15) is 4.79 Å². The Balaban J connectivity index is 1.93. The van der Waals surface area contributed by atoms with Crippen LogP contribution in [0.4, 0.5) is 0 Å². The summed E-state index contributed by atoms with van der Waals surface area (Å²) < 4.78 is 5.80. The first-order chi connectivity index (χ1) is 8.20. The second-order valence-corrected chi connectivity index (χ2v) is 5.06. The molecule has 2 aliphatic heterocycles. The molecule has 0 spiro atoms. The summed E-state index contributed by atoms with van der Waals surface area (Å²) in [5.74, 6) is 0.736. The van der Waals surface area contributed by atoms with E-state index in [0.29, 0.717) is 12.5 Å². The van der Waals surface area contributed by atoms with Gasteiger partial charge in [-0.05, 0) is 5.92 Å². The van der Waals surface area contributed by atoms with Gasteiger partial charge in [-0.1, -0.05) is 44.2 Å². The van der Waals surface area contributed by atoms with E-state index in [0.717, 1.165) is 5.56 Å². The summed E-state index contributed by atoms with van der Waals surface area (Å²) in [6, 6.07) is 10.2. The van der Waals surface area contributed by atoms with Gasteiger partial charge in [0, 0.05) is 11.5 Å². The van der Waals surface area contributed by atoms with E-state index < -0.39 is 0 Å². The van der Waals surface area contributed by atoms with E-state index in [2.05, 4.69) is 6.92 Å². The van der Waals surface area contributed by atoms with E-state index >= 15 is 0 Å². The Hall–Kier alpha value is -1.35. The highest BCUT2D eigenvalue weighted by Crippen LogP contribution is 2.42. The maximum atomic E-state index is 12.2. The Morgan fingerprint density at radius 3 is 2.65 bits per heavy atom. The number of hydrogen-bond donors (Lipinski definition) is 0. The van der Waals surface area contributed by atoms with Crippen molar-refractivity contribution in [3.05, 3.63) is 35.9 Å². The summed E-state index contributed by atoms with van der Waals surface area (Å²) in [7, 11) is 0. The summed E-state index contributed by atoms with van der Waals surface area (Å²) in [5.41, 5.74) is 1.07. The van der Waals surface area contributed by atoms with Crippen LogP contribution in [0.15, 0.2) is 30.3 Å². The van der Waals surface area contributed by atoms with Gasteiger partial charge in [-0.3, -0.25) is 4.79 Å². The van der Waals surface area contributed by atoms with E-state index in [4.69, 9.17) is 4.74 Å². The predicted molar refractivity (Wildman–Crippen MR) is 64.1 cm³/mol. The lowest BCUT2D eigenvalue weighted by atomic mass is 9.94. The molecule has 17 heavy (non-hydrogen) atoms. The SMILES string of the molecule is C[C@@H]1[C@H]2CO[C@H](c3ccccc3)N2C(=O)[C@@H]1C. The van der Waals surface area contributed by atoms with Crippen LogP contribution in [-0.4, -0.2) is 23.5 Å². The normalized spacial score (nSPS) is 36.4. The Morgan fingerprint density at radius 1 is 1.24 bits per heavy atom. The topological polar surface area (TPSA) is 29.5 Å². The molecule has 3 heteroatoms. The third-order valence-corrected chi connectivity index (χ3v) is 4.16. The van der Waals surface area contributed by atoms with Crippen molar-refractivity contribution < 1.29 is 9.53 Å². The highest BCUT2D eigenvalue weighted by Gasteiger charge is 2.50. The number of carbonyl (C=O) groups excluding carboxylic acids is 1. The molecule has 3 rings (SSSR count). The molecule has 0 aromatic heterocycles. The summed E-state index contributed by atoms with van der Waals surface area (Å²) in [4.78, 5) is 14.2. The van der Waals surface area contributed by atoms with Crippen LogP contribution in [0.3, 0.4) is 0 Å². The molecule has 2 fully saturated rings. The van der Waals surface area contributed by atoms with Crippen molar-refractivity contribution in [3.63, 3.8) is 0 Å². The van der Waals surface area contributed by atoms with Crippen molar-refractivity contribution >= 4 is 5.91 Å². The molecule has 0 saturated carbocycles. The Morgan fingerprint density at radius 2 is 1.94 bits per heavy atom. The number of fused-ring (bicyclic) bond motifs is 1. The van der Waals surface area contributed by atoms with E-state index in [1.165, 1.54) is 0 Å². The van der Waals surface area contributed by atoms with Gasteiger partial charge < -0.3 is 9.64 Å². The van der Waals surface area contributed by atoms with Crippen molar-refractivity contribution in [1.29, 1.82) is 0 Å². The highest BCUT2D eigenvalue weighted by molar-refractivity contribution is 5.82. The fraction of sp³-hybridized carbons (Fsp3) is 0.500. The van der Waals surface area contributed by atoms with Crippen molar-refractivity contribution in [2.45, 2.75) is 26.1 Å². The van der Waals surface area contributed by atoms with Gasteiger partial charge in [0.2, 0.25) is 5.91 Å². The third kappa shape index (κ3) is 1.49. The number of benzene rings is 1. The standard InChI is InChI=1S/C14H17NO2/c1-9-10(2)13(16)15-12(9)8-17-14(15)11-6-4-3-5-7-11/h3-7,9-10,12,14H,8H2,1-2H3/t9-,10+,12+,14+/m0/s1. The van der Waals surface area contributed by atoms with Crippen LogP contribution in [0, 0.1) is 11.8 Å².